The van der Waals surface area contributed by atoms with Crippen LogP contribution in [-0.4, -0.2) is 47.6 Å². The molecule has 1 saturated heterocycles. The highest BCUT2D eigenvalue weighted by Gasteiger charge is 2.72. The summed E-state index contributed by atoms with van der Waals surface area (Å²) in [5.74, 6) is 2.83. The summed E-state index contributed by atoms with van der Waals surface area (Å²) >= 11 is 0. The van der Waals surface area contributed by atoms with Crippen molar-refractivity contribution in [3.8, 4) is 0 Å². The summed E-state index contributed by atoms with van der Waals surface area (Å²) in [4.78, 5) is 36.8. The third-order valence-corrected chi connectivity index (χ3v) is 18.1. The molecule has 9 aliphatic rings. The second-order valence-corrected chi connectivity index (χ2v) is 19.6. The smallest absolute Gasteiger partial charge is 0.306 e. The van der Waals surface area contributed by atoms with Gasteiger partial charge in [0.15, 0.2) is 5.78 Å². The van der Waals surface area contributed by atoms with E-state index in [2.05, 4.69) is 60.6 Å². The third kappa shape index (κ3) is 4.76. The number of allylic oxidation sites excluding steroid dienone is 3. The molecule has 1 aliphatic heterocycles. The first-order valence-electron chi connectivity index (χ1n) is 21.3. The monoisotopic (exact) mass is 714 g/mol. The molecule has 9 rings (SSSR count). The van der Waals surface area contributed by atoms with E-state index < -0.39 is 0 Å². The molecule has 11 atom stereocenters. The minimum Gasteiger partial charge on any atom is -0.458 e. The molecule has 8 aliphatic carbocycles. The van der Waals surface area contributed by atoms with Gasteiger partial charge in [-0.25, -0.2) is 0 Å². The van der Waals surface area contributed by atoms with Gasteiger partial charge in [-0.2, -0.15) is 0 Å². The SMILES string of the molecule is CCO[C@]12CCC3(C)C(=O)CCC3C1CC=C1C=C(C)CCC12C.CCO[C@]12CCC3(C)C(CC[C@@]34CCC(=O)O4)C1CCC1=CC(=O)CCC12C. The Hall–Kier alpha value is -2.05. The lowest BCUT2D eigenvalue weighted by atomic mass is 9.44. The van der Waals surface area contributed by atoms with Gasteiger partial charge in [0.05, 0.1) is 11.2 Å². The van der Waals surface area contributed by atoms with Crippen molar-refractivity contribution >= 4 is 17.5 Å². The van der Waals surface area contributed by atoms with Crippen LogP contribution >= 0.6 is 0 Å². The van der Waals surface area contributed by atoms with Crippen LogP contribution in [0, 0.1) is 45.3 Å². The molecule has 8 unspecified atom stereocenters. The highest BCUT2D eigenvalue weighted by Crippen LogP contribution is 2.72. The molecule has 5 saturated carbocycles. The first-order valence-corrected chi connectivity index (χ1v) is 21.3. The van der Waals surface area contributed by atoms with Gasteiger partial charge in [-0.1, -0.05) is 51.0 Å². The van der Waals surface area contributed by atoms with Crippen LogP contribution in [0.15, 0.2) is 34.9 Å². The van der Waals surface area contributed by atoms with Crippen molar-refractivity contribution in [2.24, 2.45) is 45.3 Å². The van der Waals surface area contributed by atoms with Crippen molar-refractivity contribution in [2.75, 3.05) is 13.2 Å². The topological polar surface area (TPSA) is 78.9 Å². The Balaban J connectivity index is 0.000000151. The van der Waals surface area contributed by atoms with E-state index in [0.29, 0.717) is 42.3 Å². The standard InChI is InChI=1S/C24H34O4.C22H32O2/c1-4-27-24-14-13-22(3)18(8-11-23(22)12-9-20(26)28-23)19(24)6-5-16-15-17(25)7-10-21(16,24)2;1-5-24-22-13-12-20(3)17(8-9-19(20)23)18(22)7-6-16-14-15(2)10-11-21(16,22)4/h15,18-19H,4-14H2,1-3H3;6,14,17-18H,5,7-13H2,1-4H3/t18?,19?,21?,22?,23-,24-;17?,18?,20?,21?,22-/m11/s1. The van der Waals surface area contributed by atoms with Gasteiger partial charge < -0.3 is 14.2 Å². The van der Waals surface area contributed by atoms with E-state index in [1.54, 1.807) is 0 Å². The lowest BCUT2D eigenvalue weighted by Gasteiger charge is -2.65. The van der Waals surface area contributed by atoms with Gasteiger partial charge in [0.2, 0.25) is 0 Å². The third-order valence-electron chi connectivity index (χ3n) is 18.1. The Morgan fingerprint density at radius 2 is 1.37 bits per heavy atom. The van der Waals surface area contributed by atoms with Crippen molar-refractivity contribution in [3.63, 3.8) is 0 Å². The number of ketones is 2. The molecule has 0 aromatic heterocycles. The van der Waals surface area contributed by atoms with Gasteiger partial charge in [0.25, 0.3) is 0 Å². The fourth-order valence-corrected chi connectivity index (χ4v) is 15.1. The van der Waals surface area contributed by atoms with Crippen molar-refractivity contribution in [1.29, 1.82) is 0 Å². The van der Waals surface area contributed by atoms with E-state index in [-0.39, 0.29) is 50.2 Å². The van der Waals surface area contributed by atoms with Gasteiger partial charge in [-0.3, -0.25) is 14.4 Å². The van der Waals surface area contributed by atoms with E-state index >= 15 is 0 Å². The molecule has 1 heterocycles. The van der Waals surface area contributed by atoms with Crippen molar-refractivity contribution in [2.45, 2.75) is 174 Å². The van der Waals surface area contributed by atoms with Gasteiger partial charge >= 0.3 is 5.97 Å². The molecule has 6 nitrogen and oxygen atoms in total. The van der Waals surface area contributed by atoms with Crippen molar-refractivity contribution in [1.82, 2.24) is 0 Å². The number of carbonyl (C=O) groups is 3. The zero-order chi connectivity index (χ0) is 37.0. The highest BCUT2D eigenvalue weighted by molar-refractivity contribution is 5.91. The molecule has 6 heteroatoms. The van der Waals surface area contributed by atoms with Gasteiger partial charge in [-0.15, -0.1) is 0 Å². The molecule has 0 aromatic carbocycles. The van der Waals surface area contributed by atoms with Gasteiger partial charge in [-0.05, 0) is 146 Å². The quantitative estimate of drug-likeness (QED) is 0.270. The Morgan fingerprint density at radius 3 is 2.08 bits per heavy atom. The molecule has 0 bridgehead atoms. The fraction of sp³-hybridized carbons (Fsp3) is 0.804. The Morgan fingerprint density at radius 1 is 0.673 bits per heavy atom. The number of carbonyl (C=O) groups excluding carboxylic acids is 3. The number of hydrogen-bond donors (Lipinski definition) is 0. The molecule has 286 valence electrons. The largest absolute Gasteiger partial charge is 0.458 e. The van der Waals surface area contributed by atoms with Crippen LogP contribution in [0.1, 0.15) is 158 Å². The van der Waals surface area contributed by atoms with Crippen molar-refractivity contribution < 1.29 is 28.6 Å². The van der Waals surface area contributed by atoms with E-state index in [1.165, 1.54) is 29.6 Å². The first-order chi connectivity index (χ1) is 24.7. The summed E-state index contributed by atoms with van der Waals surface area (Å²) in [6, 6.07) is 0. The van der Waals surface area contributed by atoms with Crippen LogP contribution in [0.4, 0.5) is 0 Å². The maximum absolute atomic E-state index is 12.6. The highest BCUT2D eigenvalue weighted by atomic mass is 16.6. The summed E-state index contributed by atoms with van der Waals surface area (Å²) in [6.45, 7) is 17.5. The van der Waals surface area contributed by atoms with Crippen LogP contribution in [0.25, 0.3) is 0 Å². The van der Waals surface area contributed by atoms with Crippen LogP contribution in [-0.2, 0) is 28.6 Å². The fourth-order valence-electron chi connectivity index (χ4n) is 15.1. The Bertz CT molecular complexity index is 1620. The summed E-state index contributed by atoms with van der Waals surface area (Å²) in [5, 5.41) is 0. The molecular weight excluding hydrogens is 649 g/mol. The van der Waals surface area contributed by atoms with Crippen LogP contribution < -0.4 is 0 Å². The number of ether oxygens (including phenoxy) is 3. The maximum atomic E-state index is 12.6. The van der Waals surface area contributed by atoms with E-state index in [1.807, 2.05) is 6.08 Å². The number of Topliss-reactive ketones (excluding diaryl/α,β-unsaturated/α-hetero) is 1. The predicted molar refractivity (Wildman–Crippen MR) is 202 cm³/mol. The Labute approximate surface area is 313 Å². The molecule has 0 radical (unpaired) electrons. The molecule has 52 heavy (non-hydrogen) atoms. The summed E-state index contributed by atoms with van der Waals surface area (Å²) in [7, 11) is 0. The van der Waals surface area contributed by atoms with Crippen molar-refractivity contribution in [3.05, 3.63) is 34.9 Å². The Kier molecular flexibility index (Phi) is 8.86. The predicted octanol–water partition coefficient (Wildman–Crippen LogP) is 9.99. The second-order valence-electron chi connectivity index (χ2n) is 19.6. The second kappa shape index (κ2) is 12.5. The van der Waals surface area contributed by atoms with Gasteiger partial charge in [0.1, 0.15) is 11.4 Å². The number of fused-ring (bicyclic) bond motifs is 11. The average molecular weight is 715 g/mol. The minimum atomic E-state index is -0.243. The average Bonchev–Trinajstić information content (AvgIpc) is 3.75. The van der Waals surface area contributed by atoms with Crippen LogP contribution in [0.2, 0.25) is 0 Å². The van der Waals surface area contributed by atoms with Crippen LogP contribution in [0.3, 0.4) is 0 Å². The van der Waals surface area contributed by atoms with E-state index in [4.69, 9.17) is 14.2 Å². The zero-order valence-electron chi connectivity index (χ0n) is 33.4. The van der Waals surface area contributed by atoms with E-state index in [9.17, 15) is 14.4 Å². The van der Waals surface area contributed by atoms with E-state index in [0.717, 1.165) is 96.7 Å². The molecule has 0 N–H and O–H groups in total. The lowest BCUT2D eigenvalue weighted by molar-refractivity contribution is -0.233. The summed E-state index contributed by atoms with van der Waals surface area (Å²) < 4.78 is 19.5. The first kappa shape index (κ1) is 36.9. The maximum Gasteiger partial charge on any atom is 0.306 e. The minimum absolute atomic E-state index is 0.00450. The summed E-state index contributed by atoms with van der Waals surface area (Å²) in [6.07, 6.45) is 23.6. The number of hydrogen-bond acceptors (Lipinski definition) is 6. The molecule has 0 aromatic rings. The number of rotatable bonds is 4. The normalized spacial score (nSPS) is 48.8. The number of esters is 1. The molecular formula is C46H66O6. The summed E-state index contributed by atoms with van der Waals surface area (Å²) in [5.41, 5.74) is 3.89. The molecule has 0 amide bonds. The molecule has 1 spiro atoms. The lowest BCUT2D eigenvalue weighted by Crippen LogP contribution is -2.65. The zero-order valence-corrected chi connectivity index (χ0v) is 33.4. The molecule has 6 fully saturated rings. The van der Waals surface area contributed by atoms with Crippen LogP contribution in [0.5, 0.6) is 0 Å². The van der Waals surface area contributed by atoms with Gasteiger partial charge in [0, 0.05) is 54.1 Å².